The number of thiophene rings is 1. The lowest BCUT2D eigenvalue weighted by atomic mass is 10.1. The highest BCUT2D eigenvalue weighted by Gasteiger charge is 2.33. The fourth-order valence-electron chi connectivity index (χ4n) is 3.99. The molecular formula is C17H23N5OS. The van der Waals surface area contributed by atoms with Crippen molar-refractivity contribution in [1.29, 1.82) is 0 Å². The van der Waals surface area contributed by atoms with Gasteiger partial charge in [-0.3, -0.25) is 14.4 Å². The van der Waals surface area contributed by atoms with Crippen LogP contribution in [0.2, 0.25) is 0 Å². The van der Waals surface area contributed by atoms with E-state index in [9.17, 15) is 4.79 Å². The molecule has 7 heteroatoms. The molecule has 0 aromatic carbocycles. The molecule has 0 radical (unpaired) electrons. The second kappa shape index (κ2) is 7.03. The second-order valence-electron chi connectivity index (χ2n) is 6.69. The van der Waals surface area contributed by atoms with Crippen LogP contribution in [0.15, 0.2) is 29.5 Å². The molecule has 2 aliphatic rings. The molecule has 2 atom stereocenters. The largest absolute Gasteiger partial charge is 0.335 e. The average molecular weight is 345 g/mol. The summed E-state index contributed by atoms with van der Waals surface area (Å²) in [7, 11) is 0. The minimum Gasteiger partial charge on any atom is -0.335 e. The molecule has 24 heavy (non-hydrogen) atoms. The van der Waals surface area contributed by atoms with Crippen molar-refractivity contribution in [2.45, 2.75) is 44.3 Å². The van der Waals surface area contributed by atoms with Crippen molar-refractivity contribution >= 4 is 17.2 Å². The van der Waals surface area contributed by atoms with Crippen molar-refractivity contribution in [2.75, 3.05) is 19.6 Å². The monoisotopic (exact) mass is 345 g/mol. The summed E-state index contributed by atoms with van der Waals surface area (Å²) in [6.45, 7) is 3.24. The Morgan fingerprint density at radius 1 is 1.29 bits per heavy atom. The molecule has 0 unspecified atom stereocenters. The Bertz CT molecular complexity index is 657. The summed E-state index contributed by atoms with van der Waals surface area (Å²) in [6, 6.07) is 2.82. The normalized spacial score (nSPS) is 24.8. The lowest BCUT2D eigenvalue weighted by Gasteiger charge is -2.29. The number of carbonyl (C=O) groups is 1. The first-order chi connectivity index (χ1) is 11.8. The van der Waals surface area contributed by atoms with Gasteiger partial charge < -0.3 is 4.90 Å². The summed E-state index contributed by atoms with van der Waals surface area (Å²) in [5.41, 5.74) is 1.30. The summed E-state index contributed by atoms with van der Waals surface area (Å²) >= 11 is 1.71. The molecule has 4 heterocycles. The zero-order valence-electron chi connectivity index (χ0n) is 13.8. The number of hydrogen-bond donors (Lipinski definition) is 0. The summed E-state index contributed by atoms with van der Waals surface area (Å²) in [5, 5.41) is 8.48. The van der Waals surface area contributed by atoms with Crippen LogP contribution in [0.4, 0.5) is 0 Å². The van der Waals surface area contributed by atoms with E-state index in [0.717, 1.165) is 45.3 Å². The Kier molecular flexibility index (Phi) is 4.62. The van der Waals surface area contributed by atoms with Crippen LogP contribution in [0, 0.1) is 0 Å². The molecule has 2 aromatic rings. The van der Waals surface area contributed by atoms with Gasteiger partial charge in [0.2, 0.25) is 5.91 Å². The van der Waals surface area contributed by atoms with Crippen molar-refractivity contribution in [2.24, 2.45) is 0 Å². The van der Waals surface area contributed by atoms with Crippen LogP contribution in [0.5, 0.6) is 0 Å². The number of nitrogens with zero attached hydrogens (tertiary/aromatic N) is 5. The Labute approximate surface area is 146 Å². The van der Waals surface area contributed by atoms with Crippen molar-refractivity contribution in [1.82, 2.24) is 24.6 Å². The summed E-state index contributed by atoms with van der Waals surface area (Å²) in [4.78, 5) is 21.3. The first-order valence-corrected chi connectivity index (χ1v) is 9.63. The highest BCUT2D eigenvalue weighted by Crippen LogP contribution is 2.33. The molecule has 4 rings (SSSR count). The van der Waals surface area contributed by atoms with Gasteiger partial charge in [-0.15, -0.1) is 0 Å². The molecule has 2 saturated heterocycles. The molecule has 0 saturated carbocycles. The third kappa shape index (κ3) is 3.23. The SMILES string of the molecule is O=C(CN1CCC[C@H]1Cn1cncn1)N1CCC[C@@H]1c1ccsc1. The van der Waals surface area contributed by atoms with Gasteiger partial charge in [-0.1, -0.05) is 0 Å². The lowest BCUT2D eigenvalue weighted by molar-refractivity contribution is -0.133. The van der Waals surface area contributed by atoms with Crippen LogP contribution < -0.4 is 0 Å². The number of hydrogen-bond acceptors (Lipinski definition) is 5. The lowest BCUT2D eigenvalue weighted by Crippen LogP contribution is -2.43. The molecule has 0 aliphatic carbocycles. The van der Waals surface area contributed by atoms with Gasteiger partial charge in [0, 0.05) is 12.6 Å². The zero-order chi connectivity index (χ0) is 16.4. The van der Waals surface area contributed by atoms with Crippen LogP contribution in [-0.2, 0) is 11.3 Å². The van der Waals surface area contributed by atoms with Gasteiger partial charge in [-0.25, -0.2) is 4.98 Å². The third-order valence-corrected chi connectivity index (χ3v) is 5.90. The van der Waals surface area contributed by atoms with Crippen molar-refractivity contribution in [3.05, 3.63) is 35.0 Å². The summed E-state index contributed by atoms with van der Waals surface area (Å²) in [6.07, 6.45) is 7.80. The highest BCUT2D eigenvalue weighted by atomic mass is 32.1. The minimum absolute atomic E-state index is 0.272. The maximum atomic E-state index is 12.9. The molecule has 6 nitrogen and oxygen atoms in total. The standard InChI is InChI=1S/C17H23N5OS/c23-17(22-7-2-4-16(22)14-5-8-24-11-14)10-20-6-1-3-15(20)9-21-13-18-12-19-21/h5,8,11-13,15-16H,1-4,6-7,9-10H2/t15-,16+/m0/s1. The van der Waals surface area contributed by atoms with E-state index in [1.807, 2.05) is 4.68 Å². The number of likely N-dealkylation sites (tertiary alicyclic amines) is 2. The van der Waals surface area contributed by atoms with Crippen LogP contribution in [0.25, 0.3) is 0 Å². The van der Waals surface area contributed by atoms with E-state index in [-0.39, 0.29) is 11.9 Å². The van der Waals surface area contributed by atoms with E-state index in [1.165, 1.54) is 5.56 Å². The third-order valence-electron chi connectivity index (χ3n) is 5.20. The Balaban J connectivity index is 1.39. The van der Waals surface area contributed by atoms with Crippen LogP contribution in [0.1, 0.15) is 37.3 Å². The number of rotatable bonds is 5. The summed E-state index contributed by atoms with van der Waals surface area (Å²) < 4.78 is 1.87. The predicted molar refractivity (Wildman–Crippen MR) is 92.6 cm³/mol. The fraction of sp³-hybridized carbons (Fsp3) is 0.588. The first-order valence-electron chi connectivity index (χ1n) is 8.69. The molecule has 0 N–H and O–H groups in total. The molecule has 0 bridgehead atoms. The average Bonchev–Trinajstić information content (AvgIpc) is 3.37. The quantitative estimate of drug-likeness (QED) is 0.833. The van der Waals surface area contributed by atoms with Crippen molar-refractivity contribution in [3.63, 3.8) is 0 Å². The molecule has 1 amide bonds. The molecule has 2 fully saturated rings. The van der Waals surface area contributed by atoms with Gasteiger partial charge >= 0.3 is 0 Å². The van der Waals surface area contributed by atoms with Gasteiger partial charge in [0.1, 0.15) is 12.7 Å². The molecular weight excluding hydrogens is 322 g/mol. The molecule has 0 spiro atoms. The molecule has 2 aliphatic heterocycles. The molecule has 2 aromatic heterocycles. The van der Waals surface area contributed by atoms with Gasteiger partial charge in [0.25, 0.3) is 0 Å². The van der Waals surface area contributed by atoms with Crippen molar-refractivity contribution in [3.8, 4) is 0 Å². The maximum Gasteiger partial charge on any atom is 0.237 e. The van der Waals surface area contributed by atoms with E-state index in [2.05, 4.69) is 36.7 Å². The Morgan fingerprint density at radius 3 is 3.00 bits per heavy atom. The minimum atomic E-state index is 0.272. The van der Waals surface area contributed by atoms with E-state index < -0.39 is 0 Å². The Hall–Kier alpha value is -1.73. The molecule has 128 valence electrons. The van der Waals surface area contributed by atoms with Crippen LogP contribution in [-0.4, -0.2) is 56.1 Å². The van der Waals surface area contributed by atoms with E-state index in [1.54, 1.807) is 24.0 Å². The number of carbonyl (C=O) groups excluding carboxylic acids is 1. The van der Waals surface area contributed by atoms with Crippen LogP contribution in [0.3, 0.4) is 0 Å². The zero-order valence-corrected chi connectivity index (χ0v) is 14.6. The van der Waals surface area contributed by atoms with Gasteiger partial charge in [0.15, 0.2) is 0 Å². The van der Waals surface area contributed by atoms with E-state index in [0.29, 0.717) is 12.6 Å². The highest BCUT2D eigenvalue weighted by molar-refractivity contribution is 7.07. The van der Waals surface area contributed by atoms with Crippen LogP contribution >= 0.6 is 11.3 Å². The second-order valence-corrected chi connectivity index (χ2v) is 7.47. The maximum absolute atomic E-state index is 12.9. The Morgan fingerprint density at radius 2 is 2.21 bits per heavy atom. The number of amides is 1. The van der Waals surface area contributed by atoms with Gasteiger partial charge in [-0.05, 0) is 54.6 Å². The summed E-state index contributed by atoms with van der Waals surface area (Å²) in [5.74, 6) is 0.272. The number of aromatic nitrogens is 3. The van der Waals surface area contributed by atoms with Gasteiger partial charge in [0.05, 0.1) is 19.1 Å². The topological polar surface area (TPSA) is 54.3 Å². The fourth-order valence-corrected chi connectivity index (χ4v) is 4.70. The van der Waals surface area contributed by atoms with Crippen molar-refractivity contribution < 1.29 is 4.79 Å². The first kappa shape index (κ1) is 15.8. The van der Waals surface area contributed by atoms with E-state index in [4.69, 9.17) is 0 Å². The smallest absolute Gasteiger partial charge is 0.237 e. The predicted octanol–water partition coefficient (Wildman–Crippen LogP) is 2.17. The van der Waals surface area contributed by atoms with Gasteiger partial charge in [-0.2, -0.15) is 16.4 Å². The van der Waals surface area contributed by atoms with E-state index >= 15 is 0 Å².